The molecular formula is C20H19IN6O2. The number of nitrogens with zero attached hydrogens (tertiary/aromatic N) is 6. The molecule has 0 radical (unpaired) electrons. The van der Waals surface area contributed by atoms with E-state index in [4.69, 9.17) is 4.74 Å². The Balaban J connectivity index is 1.43. The number of hydrogen-bond donors (Lipinski definition) is 0. The van der Waals surface area contributed by atoms with Crippen LogP contribution < -0.4 is 9.64 Å². The van der Waals surface area contributed by atoms with Crippen LogP contribution in [0.4, 0.5) is 5.69 Å². The molecule has 1 aliphatic rings. The Hall–Kier alpha value is -2.87. The van der Waals surface area contributed by atoms with Crippen LogP contribution in [0.2, 0.25) is 0 Å². The Morgan fingerprint density at radius 2 is 2.07 bits per heavy atom. The summed E-state index contributed by atoms with van der Waals surface area (Å²) in [7, 11) is 1.67. The highest BCUT2D eigenvalue weighted by molar-refractivity contribution is 14.1. The topological polar surface area (TPSA) is 87.3 Å². The van der Waals surface area contributed by atoms with Crippen LogP contribution in [0.3, 0.4) is 0 Å². The van der Waals surface area contributed by atoms with Crippen molar-refractivity contribution in [1.29, 1.82) is 5.26 Å². The molecule has 0 N–H and O–H groups in total. The minimum atomic E-state index is -0.0237. The number of rotatable bonds is 4. The average Bonchev–Trinajstić information content (AvgIpc) is 3.12. The van der Waals surface area contributed by atoms with Gasteiger partial charge in [-0.1, -0.05) is 0 Å². The second-order valence-electron chi connectivity index (χ2n) is 6.68. The van der Waals surface area contributed by atoms with Gasteiger partial charge in [0.2, 0.25) is 5.91 Å². The van der Waals surface area contributed by atoms with E-state index in [9.17, 15) is 10.1 Å². The van der Waals surface area contributed by atoms with Crippen LogP contribution in [0, 0.1) is 14.9 Å². The van der Waals surface area contributed by atoms with Crippen molar-refractivity contribution in [3.8, 4) is 11.8 Å². The van der Waals surface area contributed by atoms with Crippen molar-refractivity contribution in [2.24, 2.45) is 0 Å². The number of fused-ring (bicyclic) bond motifs is 1. The molecule has 3 heterocycles. The zero-order valence-electron chi connectivity index (χ0n) is 15.9. The number of methoxy groups -OCH3 is 1. The number of benzene rings is 1. The molecule has 0 spiro atoms. The van der Waals surface area contributed by atoms with Gasteiger partial charge in [-0.3, -0.25) is 4.79 Å². The summed E-state index contributed by atoms with van der Waals surface area (Å²) < 4.78 is 8.00. The number of pyridine rings is 1. The van der Waals surface area contributed by atoms with E-state index < -0.39 is 0 Å². The molecule has 1 amide bonds. The lowest BCUT2D eigenvalue weighted by Crippen LogP contribution is -2.49. The number of carbonyl (C=O) groups is 1. The Bertz CT molecular complexity index is 1100. The number of piperazine rings is 1. The predicted octanol–water partition coefficient (Wildman–Crippen LogP) is 2.26. The fourth-order valence-electron chi connectivity index (χ4n) is 3.49. The summed E-state index contributed by atoms with van der Waals surface area (Å²) in [5.74, 6) is 0.831. The number of ether oxygens (including phenoxy) is 1. The first-order valence-electron chi connectivity index (χ1n) is 9.18. The molecule has 4 rings (SSSR count). The molecule has 1 fully saturated rings. The van der Waals surface area contributed by atoms with E-state index in [2.05, 4.69) is 49.7 Å². The third-order valence-corrected chi connectivity index (χ3v) is 5.92. The standard InChI is InChI=1S/C20H19IN6O2/c1-29-18-11-14(4-5-16(18)21)25-7-9-26(10-8-25)19(28)13-27-20-15(3-2-6-23-20)17(12-22)24-27/h2-6,11H,7-10,13H2,1H3. The van der Waals surface area contributed by atoms with Gasteiger partial charge in [0.05, 0.1) is 16.1 Å². The summed E-state index contributed by atoms with van der Waals surface area (Å²) in [5.41, 5.74) is 1.94. The van der Waals surface area contributed by atoms with E-state index >= 15 is 0 Å². The van der Waals surface area contributed by atoms with Gasteiger partial charge in [0.1, 0.15) is 18.4 Å². The smallest absolute Gasteiger partial charge is 0.244 e. The maximum absolute atomic E-state index is 12.8. The van der Waals surface area contributed by atoms with Gasteiger partial charge in [-0.25, -0.2) is 9.67 Å². The average molecular weight is 502 g/mol. The Labute approximate surface area is 181 Å². The van der Waals surface area contributed by atoms with Gasteiger partial charge in [-0.2, -0.15) is 10.4 Å². The van der Waals surface area contributed by atoms with Crippen LogP contribution in [-0.4, -0.2) is 58.9 Å². The third-order valence-electron chi connectivity index (χ3n) is 5.03. The number of carbonyl (C=O) groups excluding carboxylic acids is 1. The molecule has 2 aromatic heterocycles. The maximum Gasteiger partial charge on any atom is 0.244 e. The highest BCUT2D eigenvalue weighted by Crippen LogP contribution is 2.27. The molecular weight excluding hydrogens is 483 g/mol. The van der Waals surface area contributed by atoms with Crippen molar-refractivity contribution in [3.05, 3.63) is 45.8 Å². The monoisotopic (exact) mass is 502 g/mol. The minimum absolute atomic E-state index is 0.0237. The molecule has 1 aliphatic heterocycles. The molecule has 148 valence electrons. The quantitative estimate of drug-likeness (QED) is 0.509. The summed E-state index contributed by atoms with van der Waals surface area (Å²) in [6.07, 6.45) is 1.64. The Morgan fingerprint density at radius 1 is 1.28 bits per heavy atom. The van der Waals surface area contributed by atoms with E-state index in [0.29, 0.717) is 29.8 Å². The maximum atomic E-state index is 12.8. The number of aromatic nitrogens is 3. The molecule has 0 bridgehead atoms. The van der Waals surface area contributed by atoms with Gasteiger partial charge >= 0.3 is 0 Å². The highest BCUT2D eigenvalue weighted by Gasteiger charge is 2.23. The SMILES string of the molecule is COc1cc(N2CCN(C(=O)Cn3nc(C#N)c4cccnc43)CC2)ccc1I. The van der Waals surface area contributed by atoms with Crippen LogP contribution >= 0.6 is 22.6 Å². The fraction of sp³-hybridized carbons (Fsp3) is 0.300. The van der Waals surface area contributed by atoms with E-state index in [1.54, 1.807) is 25.4 Å². The van der Waals surface area contributed by atoms with Crippen molar-refractivity contribution in [3.63, 3.8) is 0 Å². The number of halogens is 1. The number of amides is 1. The molecule has 29 heavy (non-hydrogen) atoms. The highest BCUT2D eigenvalue weighted by atomic mass is 127. The van der Waals surface area contributed by atoms with E-state index in [1.807, 2.05) is 17.0 Å². The van der Waals surface area contributed by atoms with Gasteiger partial charge in [0, 0.05) is 44.1 Å². The Kier molecular flexibility index (Phi) is 5.53. The van der Waals surface area contributed by atoms with Crippen LogP contribution in [0.15, 0.2) is 36.5 Å². The summed E-state index contributed by atoms with van der Waals surface area (Å²) >= 11 is 2.25. The van der Waals surface area contributed by atoms with Crippen molar-refractivity contribution < 1.29 is 9.53 Å². The van der Waals surface area contributed by atoms with Crippen LogP contribution in [0.5, 0.6) is 5.75 Å². The summed E-state index contributed by atoms with van der Waals surface area (Å²) in [6.45, 7) is 2.83. The van der Waals surface area contributed by atoms with Crippen LogP contribution in [-0.2, 0) is 11.3 Å². The lowest BCUT2D eigenvalue weighted by atomic mass is 10.2. The molecule has 9 heteroatoms. The van der Waals surface area contributed by atoms with Gasteiger partial charge in [-0.05, 0) is 46.9 Å². The molecule has 8 nitrogen and oxygen atoms in total. The normalized spacial score (nSPS) is 14.1. The molecule has 0 unspecified atom stereocenters. The van der Waals surface area contributed by atoms with E-state index in [-0.39, 0.29) is 12.5 Å². The first-order valence-corrected chi connectivity index (χ1v) is 10.3. The zero-order chi connectivity index (χ0) is 20.4. The van der Waals surface area contributed by atoms with E-state index in [0.717, 1.165) is 28.1 Å². The number of nitriles is 1. The second-order valence-corrected chi connectivity index (χ2v) is 7.84. The Morgan fingerprint density at radius 3 is 2.79 bits per heavy atom. The molecule has 3 aromatic rings. The summed E-state index contributed by atoms with van der Waals surface area (Å²) in [6, 6.07) is 11.8. The molecule has 1 aromatic carbocycles. The van der Waals surface area contributed by atoms with Gasteiger partial charge in [0.15, 0.2) is 11.3 Å². The first kappa shape index (κ1) is 19.4. The van der Waals surface area contributed by atoms with Crippen LogP contribution in [0.25, 0.3) is 11.0 Å². The lowest BCUT2D eigenvalue weighted by Gasteiger charge is -2.36. The van der Waals surface area contributed by atoms with E-state index in [1.165, 1.54) is 4.68 Å². The molecule has 1 saturated heterocycles. The van der Waals surface area contributed by atoms with Gasteiger partial charge < -0.3 is 14.5 Å². The van der Waals surface area contributed by atoms with Crippen LogP contribution in [0.1, 0.15) is 5.69 Å². The van der Waals surface area contributed by atoms with Crippen molar-refractivity contribution in [2.75, 3.05) is 38.2 Å². The third kappa shape index (κ3) is 3.85. The predicted molar refractivity (Wildman–Crippen MR) is 117 cm³/mol. The second kappa shape index (κ2) is 8.24. The first-order chi connectivity index (χ1) is 14.1. The molecule has 0 aliphatic carbocycles. The molecule has 0 atom stereocenters. The summed E-state index contributed by atoms with van der Waals surface area (Å²) in [5, 5.41) is 14.2. The zero-order valence-corrected chi connectivity index (χ0v) is 18.0. The fourth-order valence-corrected chi connectivity index (χ4v) is 4.05. The van der Waals surface area contributed by atoms with Gasteiger partial charge in [0.25, 0.3) is 0 Å². The number of hydrogen-bond acceptors (Lipinski definition) is 6. The van der Waals surface area contributed by atoms with Crippen molar-refractivity contribution in [2.45, 2.75) is 6.54 Å². The molecule has 0 saturated carbocycles. The summed E-state index contributed by atoms with van der Waals surface area (Å²) in [4.78, 5) is 21.2. The largest absolute Gasteiger partial charge is 0.496 e. The minimum Gasteiger partial charge on any atom is -0.496 e. The lowest BCUT2D eigenvalue weighted by molar-refractivity contribution is -0.132. The van der Waals surface area contributed by atoms with Gasteiger partial charge in [-0.15, -0.1) is 0 Å². The number of anilines is 1. The van der Waals surface area contributed by atoms with Crippen molar-refractivity contribution >= 4 is 45.2 Å². The van der Waals surface area contributed by atoms with Crippen molar-refractivity contribution in [1.82, 2.24) is 19.7 Å².